The van der Waals surface area contributed by atoms with Crippen LogP contribution in [0.4, 0.5) is 11.4 Å². The van der Waals surface area contributed by atoms with E-state index in [1.165, 1.54) is 16.3 Å². The Kier molecular flexibility index (Phi) is 6.57. The molecule has 2 amide bonds. The monoisotopic (exact) mass is 547 g/mol. The maximum absolute atomic E-state index is 13.9. The number of fused-ring (bicyclic) bond motifs is 1. The third kappa shape index (κ3) is 4.50. The number of hydrogen-bond donors (Lipinski definition) is 1. The van der Waals surface area contributed by atoms with E-state index in [-0.39, 0.29) is 17.4 Å². The Morgan fingerprint density at radius 1 is 0.900 bits per heavy atom. The van der Waals surface area contributed by atoms with Crippen molar-refractivity contribution in [3.8, 4) is 0 Å². The van der Waals surface area contributed by atoms with Crippen molar-refractivity contribution in [1.29, 1.82) is 0 Å². The molecular weight excluding hydrogens is 522 g/mol. The molecule has 0 bridgehead atoms. The van der Waals surface area contributed by atoms with E-state index < -0.39 is 12.0 Å². The Bertz CT molecular complexity index is 1860. The minimum atomic E-state index is -0.682. The van der Waals surface area contributed by atoms with Crippen LogP contribution in [-0.2, 0) is 9.59 Å². The Hall–Kier alpha value is -4.89. The lowest BCUT2D eigenvalue weighted by atomic mass is 9.95. The molecule has 3 aromatic carbocycles. The fraction of sp³-hybridized carbons (Fsp3) is 0.129. The van der Waals surface area contributed by atoms with Gasteiger partial charge in [0.25, 0.3) is 17.4 Å². The van der Waals surface area contributed by atoms with Crippen LogP contribution in [0.1, 0.15) is 25.5 Å². The molecule has 0 saturated carbocycles. The average molecular weight is 548 g/mol. The van der Waals surface area contributed by atoms with Crippen LogP contribution in [0.2, 0.25) is 0 Å². The second-order valence-corrected chi connectivity index (χ2v) is 10.5. The molecule has 0 unspecified atom stereocenters. The van der Waals surface area contributed by atoms with E-state index in [1.54, 1.807) is 24.5 Å². The molecule has 9 heteroatoms. The van der Waals surface area contributed by atoms with Crippen LogP contribution >= 0.6 is 11.3 Å². The van der Waals surface area contributed by atoms with E-state index in [0.717, 1.165) is 5.56 Å². The fourth-order valence-corrected chi connectivity index (χ4v) is 6.03. The van der Waals surface area contributed by atoms with E-state index in [1.807, 2.05) is 91.0 Å². The average Bonchev–Trinajstić information content (AvgIpc) is 3.43. The van der Waals surface area contributed by atoms with Crippen LogP contribution in [-0.4, -0.2) is 22.1 Å². The molecule has 2 aliphatic heterocycles. The molecule has 1 aromatic heterocycles. The molecule has 2 aliphatic rings. The molecule has 0 spiro atoms. The molecule has 0 radical (unpaired) electrons. The van der Waals surface area contributed by atoms with E-state index >= 15 is 0 Å². The molecule has 40 heavy (non-hydrogen) atoms. The van der Waals surface area contributed by atoms with Crippen molar-refractivity contribution in [2.45, 2.75) is 19.9 Å². The molecule has 0 saturated heterocycles. The largest absolute Gasteiger partial charge is 0.322 e. The topological polar surface area (TPSA) is 96.1 Å². The van der Waals surface area contributed by atoms with Gasteiger partial charge in [0.2, 0.25) is 0 Å². The van der Waals surface area contributed by atoms with Crippen molar-refractivity contribution >= 4 is 46.3 Å². The highest BCUT2D eigenvalue weighted by Gasteiger charge is 2.35. The number of hydrogen-bond acceptors (Lipinski definition) is 6. The third-order valence-electron chi connectivity index (χ3n) is 6.91. The molecule has 0 aliphatic carbocycles. The summed E-state index contributed by atoms with van der Waals surface area (Å²) in [6.45, 7) is 3.56. The molecule has 0 fully saturated rings. The molecule has 6 rings (SSSR count). The SMILES string of the molecule is CC1=NN(c2ccccc2)C(=O)[C@@H]1/C=c1/sc2n(c1=O)[C@@H](c1ccccc1)C(C(=O)Nc1ccccc1)=C(C)N=2. The summed E-state index contributed by atoms with van der Waals surface area (Å²) in [7, 11) is 0. The Morgan fingerprint density at radius 3 is 2.20 bits per heavy atom. The zero-order chi connectivity index (χ0) is 27.8. The van der Waals surface area contributed by atoms with Crippen molar-refractivity contribution in [3.63, 3.8) is 0 Å². The van der Waals surface area contributed by atoms with Crippen LogP contribution in [0.25, 0.3) is 6.08 Å². The van der Waals surface area contributed by atoms with Gasteiger partial charge in [-0.2, -0.15) is 10.1 Å². The first-order valence-electron chi connectivity index (χ1n) is 12.8. The van der Waals surface area contributed by atoms with Crippen molar-refractivity contribution in [3.05, 3.63) is 128 Å². The van der Waals surface area contributed by atoms with Crippen LogP contribution in [0.15, 0.2) is 117 Å². The second-order valence-electron chi connectivity index (χ2n) is 9.54. The van der Waals surface area contributed by atoms with Gasteiger partial charge in [-0.05, 0) is 49.8 Å². The van der Waals surface area contributed by atoms with E-state index in [9.17, 15) is 14.4 Å². The first kappa shape index (κ1) is 25.4. The molecule has 1 N–H and O–H groups in total. The predicted molar refractivity (Wildman–Crippen MR) is 157 cm³/mol. The van der Waals surface area contributed by atoms with Gasteiger partial charge in [-0.25, -0.2) is 4.99 Å². The van der Waals surface area contributed by atoms with Crippen LogP contribution in [0.3, 0.4) is 0 Å². The molecular formula is C31H25N5O3S. The van der Waals surface area contributed by atoms with Crippen molar-refractivity contribution < 1.29 is 9.59 Å². The van der Waals surface area contributed by atoms with Gasteiger partial charge < -0.3 is 5.32 Å². The van der Waals surface area contributed by atoms with E-state index in [4.69, 9.17) is 0 Å². The zero-order valence-corrected chi connectivity index (χ0v) is 22.6. The quantitative estimate of drug-likeness (QED) is 0.411. The van der Waals surface area contributed by atoms with Crippen LogP contribution < -0.4 is 25.2 Å². The molecule has 4 aromatic rings. The highest BCUT2D eigenvalue weighted by atomic mass is 32.1. The van der Waals surface area contributed by atoms with Gasteiger partial charge in [0, 0.05) is 5.69 Å². The second kappa shape index (κ2) is 10.3. The Morgan fingerprint density at radius 2 is 1.52 bits per heavy atom. The van der Waals surface area contributed by atoms with E-state index in [0.29, 0.717) is 37.7 Å². The number of anilines is 2. The lowest BCUT2D eigenvalue weighted by Gasteiger charge is -2.25. The van der Waals surface area contributed by atoms with Gasteiger partial charge in [-0.3, -0.25) is 19.0 Å². The molecule has 8 nitrogen and oxygen atoms in total. The van der Waals surface area contributed by atoms with Crippen molar-refractivity contribution in [1.82, 2.24) is 4.57 Å². The van der Waals surface area contributed by atoms with Gasteiger partial charge in [0.15, 0.2) is 4.80 Å². The summed E-state index contributed by atoms with van der Waals surface area (Å²) in [5.74, 6) is -1.24. The van der Waals surface area contributed by atoms with Crippen molar-refractivity contribution in [2.75, 3.05) is 10.3 Å². The normalized spacial score (nSPS) is 18.9. The van der Waals surface area contributed by atoms with Gasteiger partial charge in [0.05, 0.1) is 33.2 Å². The van der Waals surface area contributed by atoms with Gasteiger partial charge in [0.1, 0.15) is 5.92 Å². The number of benzene rings is 3. The fourth-order valence-electron chi connectivity index (χ4n) is 4.97. The Labute approximate surface area is 233 Å². The minimum absolute atomic E-state index is 0.228. The van der Waals surface area contributed by atoms with Gasteiger partial charge in [-0.1, -0.05) is 78.1 Å². The molecule has 3 heterocycles. The first-order chi connectivity index (χ1) is 19.4. The summed E-state index contributed by atoms with van der Waals surface area (Å²) < 4.78 is 1.93. The van der Waals surface area contributed by atoms with Crippen LogP contribution in [0, 0.1) is 5.92 Å². The maximum atomic E-state index is 13.9. The number of hydrazone groups is 1. The third-order valence-corrected chi connectivity index (χ3v) is 7.92. The summed E-state index contributed by atoms with van der Waals surface area (Å²) in [5, 5.41) is 8.78. The summed E-state index contributed by atoms with van der Waals surface area (Å²) in [6.07, 6.45) is 1.67. The number of aromatic nitrogens is 1. The number of carbonyl (C=O) groups is 2. The number of thiazole rings is 1. The summed E-state index contributed by atoms with van der Waals surface area (Å²) in [6, 6.07) is 27.1. The van der Waals surface area contributed by atoms with Crippen molar-refractivity contribution in [2.24, 2.45) is 16.0 Å². The maximum Gasteiger partial charge on any atom is 0.270 e. The molecule has 198 valence electrons. The lowest BCUT2D eigenvalue weighted by molar-refractivity contribution is -0.118. The van der Waals surface area contributed by atoms with Gasteiger partial charge >= 0.3 is 0 Å². The number of nitrogens with zero attached hydrogens (tertiary/aromatic N) is 4. The molecule has 2 atom stereocenters. The van der Waals surface area contributed by atoms with Crippen LogP contribution in [0.5, 0.6) is 0 Å². The number of allylic oxidation sites excluding steroid dienone is 1. The first-order valence-corrected chi connectivity index (χ1v) is 13.6. The van der Waals surface area contributed by atoms with Gasteiger partial charge in [-0.15, -0.1) is 0 Å². The summed E-state index contributed by atoms with van der Waals surface area (Å²) in [5.41, 5.74) is 3.30. The highest BCUT2D eigenvalue weighted by molar-refractivity contribution is 7.07. The smallest absolute Gasteiger partial charge is 0.270 e. The predicted octanol–water partition coefficient (Wildman–Crippen LogP) is 3.86. The number of amides is 2. The summed E-state index contributed by atoms with van der Waals surface area (Å²) in [4.78, 5) is 46.0. The summed E-state index contributed by atoms with van der Waals surface area (Å²) >= 11 is 1.21. The number of rotatable bonds is 5. The number of para-hydroxylation sites is 2. The highest BCUT2D eigenvalue weighted by Crippen LogP contribution is 2.31. The zero-order valence-electron chi connectivity index (χ0n) is 21.8. The number of carbonyl (C=O) groups excluding carboxylic acids is 2. The standard InChI is InChI=1S/C31H25N5O3S/c1-19-24(29(38)36(34-19)23-16-10-5-11-17-23)18-25-30(39)35-27(21-12-6-3-7-13-21)26(20(2)32-31(35)40-25)28(37)33-22-14-8-4-9-15-22/h3-18,24,27H,1-2H3,(H,33,37)/b25-18+/t24-,27+/m1/s1. The lowest BCUT2D eigenvalue weighted by Crippen LogP contribution is -2.40. The minimum Gasteiger partial charge on any atom is -0.322 e. The Balaban J connectivity index is 1.44. The van der Waals surface area contributed by atoms with E-state index in [2.05, 4.69) is 15.4 Å². The number of nitrogens with one attached hydrogen (secondary N) is 1.